The van der Waals surface area contributed by atoms with Crippen LogP contribution < -0.4 is 29.4 Å². The first kappa shape index (κ1) is 36.6. The first-order valence-electron chi connectivity index (χ1n) is 1.75. The fraction of sp³-hybridized carbons (Fsp3) is 0. The minimum absolute atomic E-state index is 0. The molecule has 0 aromatic rings. The average Bonchev–Trinajstić information content (AvgIpc) is 1.59. The summed E-state index contributed by atoms with van der Waals surface area (Å²) in [6.07, 6.45) is 0. The Hall–Kier alpha value is 4.33. The fourth-order valence-electron chi connectivity index (χ4n) is 0. The number of phosphoric acid groups is 2. The van der Waals surface area contributed by atoms with Crippen LogP contribution >= 0.6 is 15.6 Å². The Bertz CT molecular complexity index is 147. The van der Waals surface area contributed by atoms with Crippen LogP contribution in [0.4, 0.5) is 0 Å². The van der Waals surface area contributed by atoms with Gasteiger partial charge in [-0.25, -0.2) is 0 Å². The van der Waals surface area contributed by atoms with Gasteiger partial charge in [-0.15, -0.1) is 0 Å². The van der Waals surface area contributed by atoms with Crippen molar-refractivity contribution in [2.24, 2.45) is 0 Å². The van der Waals surface area contributed by atoms with Crippen molar-refractivity contribution in [1.82, 2.24) is 0 Å². The molecule has 0 N–H and O–H groups in total. The predicted molar refractivity (Wildman–Crippen MR) is 40.3 cm³/mol. The van der Waals surface area contributed by atoms with Crippen molar-refractivity contribution >= 4 is 145 Å². The molecule has 0 saturated heterocycles. The molecule has 15 heavy (non-hydrogen) atoms. The number of hydrogen-bond acceptors (Lipinski definition) is 9. The zero-order valence-corrected chi connectivity index (χ0v) is 17.2. The Morgan fingerprint density at radius 3 is 0.600 bits per heavy atom. The van der Waals surface area contributed by atoms with Gasteiger partial charge in [-0.3, -0.25) is 0 Å². The van der Waals surface area contributed by atoms with Gasteiger partial charge in [0.1, 0.15) is 0 Å². The van der Waals surface area contributed by atoms with Crippen LogP contribution in [0.3, 0.4) is 0 Å². The van der Waals surface area contributed by atoms with E-state index >= 15 is 0 Å². The fourth-order valence-corrected chi connectivity index (χ4v) is 0. The van der Waals surface area contributed by atoms with E-state index in [4.69, 9.17) is 42.3 Å². The Morgan fingerprint density at radius 2 is 0.600 bits per heavy atom. The van der Waals surface area contributed by atoms with Gasteiger partial charge in [-0.1, -0.05) is 0 Å². The third-order valence-electron chi connectivity index (χ3n) is 0. The maximum absolute atomic E-state index is 8.55. The van der Waals surface area contributed by atoms with Gasteiger partial charge >= 0.3 is 133 Å². The van der Waals surface area contributed by atoms with Crippen molar-refractivity contribution in [3.8, 4) is 0 Å². The summed E-state index contributed by atoms with van der Waals surface area (Å²) in [6.45, 7) is 0. The number of rotatable bonds is 0. The first-order chi connectivity index (χ1) is 5.00. The van der Waals surface area contributed by atoms with Crippen LogP contribution in [0, 0.1) is 0 Å². The summed E-state index contributed by atoms with van der Waals surface area (Å²) in [5, 5.41) is 0. The average molecular weight is 354 g/mol. The van der Waals surface area contributed by atoms with Crippen molar-refractivity contribution < 1.29 is 42.3 Å². The third-order valence-corrected chi connectivity index (χ3v) is 0. The minimum atomic E-state index is -5.39. The number of hydrogen-bond donors (Lipinski definition) is 0. The zero-order chi connectivity index (χ0) is 11.0. The monoisotopic (exact) mass is 354 g/mol. The summed E-state index contributed by atoms with van der Waals surface area (Å²) in [5.41, 5.74) is 0. The molecule has 0 fully saturated rings. The molecule has 15 heteroatoms. The van der Waals surface area contributed by atoms with Crippen molar-refractivity contribution in [1.29, 1.82) is 0 Å². The molecule has 0 aliphatic heterocycles. The molecule has 0 aromatic heterocycles. The molecule has 0 heterocycles. The molecule has 74 valence electrons. The van der Waals surface area contributed by atoms with Crippen molar-refractivity contribution in [2.45, 2.75) is 0 Å². The molecule has 0 saturated carbocycles. The second-order valence-corrected chi connectivity index (χ2v) is 2.68. The summed E-state index contributed by atoms with van der Waals surface area (Å²) in [4.78, 5) is 51.3. The van der Waals surface area contributed by atoms with E-state index < -0.39 is 15.6 Å². The van der Waals surface area contributed by atoms with E-state index in [2.05, 4.69) is 0 Å². The van der Waals surface area contributed by atoms with Gasteiger partial charge in [0.2, 0.25) is 0 Å². The molecule has 0 aromatic carbocycles. The van der Waals surface area contributed by atoms with E-state index in [0.717, 1.165) is 0 Å². The Labute approximate surface area is 183 Å². The summed E-state index contributed by atoms with van der Waals surface area (Å²) in [5.74, 6) is 0. The quantitative estimate of drug-likeness (QED) is 0.300. The summed E-state index contributed by atoms with van der Waals surface area (Å²) < 4.78 is 25.4. The van der Waals surface area contributed by atoms with Gasteiger partial charge in [0.05, 0.1) is 0 Å². The van der Waals surface area contributed by atoms with Crippen LogP contribution in [0.2, 0.25) is 0 Å². The van der Waals surface area contributed by atoms with Crippen LogP contribution in [-0.4, -0.2) is 129 Å². The molecule has 0 spiro atoms. The van der Waals surface area contributed by atoms with E-state index in [9.17, 15) is 0 Å². The molecule has 0 amide bonds. The second-order valence-electron chi connectivity index (χ2n) is 0.894. The van der Waals surface area contributed by atoms with Crippen LogP contribution in [0.5, 0.6) is 0 Å². The third kappa shape index (κ3) is 261. The van der Waals surface area contributed by atoms with Crippen LogP contribution in [0.15, 0.2) is 0 Å². The zero-order valence-electron chi connectivity index (χ0n) is 7.40. The van der Waals surface area contributed by atoms with Crippen LogP contribution in [-0.2, 0) is 12.9 Å². The molecule has 0 aliphatic rings. The predicted octanol–water partition coefficient (Wildman–Crippen LogP) is -7.56. The normalized spacial score (nSPS) is 8.07. The first-order valence-corrected chi connectivity index (χ1v) is 5.25. The Balaban J connectivity index is -0.0000000197. The van der Waals surface area contributed by atoms with Gasteiger partial charge in [0, 0.05) is 0 Å². The maximum atomic E-state index is 8.55. The van der Waals surface area contributed by atoms with E-state index in [1.807, 2.05) is 0 Å². The van der Waals surface area contributed by atoms with Gasteiger partial charge in [-0.05, 0) is 0 Å². The van der Waals surface area contributed by atoms with Crippen molar-refractivity contribution in [3.05, 3.63) is 0 Å². The van der Waals surface area contributed by atoms with Crippen molar-refractivity contribution in [2.75, 3.05) is 0 Å². The standard InChI is InChI=1S/Al.3Ca.2H3O4P.O.H/c;;;;2*1-5(2,3)4;;/h;;;;2*(H3,1,2,3,4);;/q;3*+2;;;;/p-6. The molecule has 0 bridgehead atoms. The summed E-state index contributed by atoms with van der Waals surface area (Å²) >= 11 is 0.611. The molecule has 0 aliphatic carbocycles. The topological polar surface area (TPSA) is 190 Å². The summed E-state index contributed by atoms with van der Waals surface area (Å²) in [6, 6.07) is 0. The molecular formula is HAlCa3O9P2. The molecule has 0 unspecified atom stereocenters. The van der Waals surface area contributed by atoms with E-state index in [1.165, 1.54) is 0 Å². The van der Waals surface area contributed by atoms with E-state index in [-0.39, 0.29) is 113 Å². The summed E-state index contributed by atoms with van der Waals surface area (Å²) in [7, 11) is -10.8. The molecule has 0 radical (unpaired) electrons. The van der Waals surface area contributed by atoms with Crippen LogP contribution in [0.1, 0.15) is 0 Å². The van der Waals surface area contributed by atoms with Gasteiger partial charge in [0.15, 0.2) is 0 Å². The van der Waals surface area contributed by atoms with E-state index in [1.54, 1.807) is 0 Å². The SMILES string of the molecule is O=P([O-])([O-])[O-].O=P([O-])([O-])[O-].[Ca+2].[Ca+2].[Ca+2].[O]=[AlH]. The molecular weight excluding hydrogens is 353 g/mol. The Kier molecular flexibility index (Phi) is 50.3. The van der Waals surface area contributed by atoms with Crippen molar-refractivity contribution in [3.63, 3.8) is 0 Å². The second kappa shape index (κ2) is 20.6. The van der Waals surface area contributed by atoms with Gasteiger partial charge in [0.25, 0.3) is 0 Å². The molecule has 9 nitrogen and oxygen atoms in total. The molecule has 0 atom stereocenters. The Morgan fingerprint density at radius 1 is 0.600 bits per heavy atom. The molecule has 0 rings (SSSR count). The van der Waals surface area contributed by atoms with E-state index in [0.29, 0.717) is 16.2 Å². The van der Waals surface area contributed by atoms with Crippen LogP contribution in [0.25, 0.3) is 0 Å². The van der Waals surface area contributed by atoms with Gasteiger partial charge < -0.3 is 38.5 Å². The van der Waals surface area contributed by atoms with Gasteiger partial charge in [-0.2, -0.15) is 15.6 Å².